The van der Waals surface area contributed by atoms with Crippen molar-refractivity contribution in [3.05, 3.63) is 37.2 Å². The van der Waals surface area contributed by atoms with Crippen molar-refractivity contribution in [2.75, 3.05) is 59.3 Å². The van der Waals surface area contributed by atoms with Crippen LogP contribution in [0.3, 0.4) is 0 Å². The summed E-state index contributed by atoms with van der Waals surface area (Å²) in [7, 11) is 0. The number of nitrogens with zero attached hydrogens (tertiary/aromatic N) is 5. The van der Waals surface area contributed by atoms with Crippen molar-refractivity contribution in [2.24, 2.45) is 23.3 Å². The Morgan fingerprint density at radius 1 is 0.727 bits per heavy atom. The molecule has 5 aliphatic rings. The molecule has 434 valence electrons. The molecule has 19 atom stereocenters. The number of aromatic nitrogens is 3. The molecule has 77 heavy (non-hydrogen) atoms. The number of fused-ring (bicyclic) bond motifs is 1. The molecule has 0 bridgehead atoms. The zero-order valence-corrected chi connectivity index (χ0v) is 43.2. The number of rotatable bonds is 30. The van der Waals surface area contributed by atoms with Gasteiger partial charge in [-0.1, -0.05) is 17.4 Å². The van der Waals surface area contributed by atoms with Crippen molar-refractivity contribution in [2.45, 2.75) is 163 Å². The van der Waals surface area contributed by atoms with E-state index < -0.39 is 122 Å². The third-order valence-electron chi connectivity index (χ3n) is 14.1. The predicted octanol–water partition coefficient (Wildman–Crippen LogP) is -5.02. The topological polar surface area (TPSA) is 411 Å². The van der Waals surface area contributed by atoms with Gasteiger partial charge in [0.2, 0.25) is 23.6 Å². The summed E-state index contributed by atoms with van der Waals surface area (Å²) in [4.78, 5) is 67.9. The van der Waals surface area contributed by atoms with Crippen LogP contribution < -0.4 is 16.8 Å². The van der Waals surface area contributed by atoms with E-state index in [0.717, 1.165) is 0 Å². The summed E-state index contributed by atoms with van der Waals surface area (Å²) in [5.74, 6) is -4.22. The van der Waals surface area contributed by atoms with Crippen molar-refractivity contribution in [1.82, 2.24) is 30.1 Å². The highest BCUT2D eigenvalue weighted by Gasteiger charge is 2.58. The van der Waals surface area contributed by atoms with Crippen molar-refractivity contribution in [1.29, 1.82) is 0 Å². The van der Waals surface area contributed by atoms with Crippen LogP contribution in [-0.4, -0.2) is 254 Å². The minimum absolute atomic E-state index is 0.0438. The maximum absolute atomic E-state index is 13.7. The average molecular weight is 1100 g/mol. The lowest BCUT2D eigenvalue weighted by atomic mass is 9.89. The molecule has 0 radical (unpaired) electrons. The van der Waals surface area contributed by atoms with Gasteiger partial charge in [0.05, 0.1) is 107 Å². The number of ether oxygens (including phenoxy) is 9. The fraction of sp³-hybridized carbons (Fsp3) is 0.771. The van der Waals surface area contributed by atoms with Crippen LogP contribution in [0.2, 0.25) is 0 Å². The van der Waals surface area contributed by atoms with Crippen LogP contribution >= 0.6 is 0 Å². The largest absolute Gasteiger partial charge is 0.479 e. The Hall–Kier alpha value is -4.51. The molecule has 0 aromatic carbocycles. The molecule has 6 heterocycles. The van der Waals surface area contributed by atoms with Gasteiger partial charge in [-0.05, 0) is 33.1 Å². The maximum Gasteiger partial charge on any atom is 0.335 e. The SMILES string of the molecule is C=C[C@@H]1O[C@H](C=C)[C@@H]2C(=O)N(CCCCCN(Cc3cn(CCOCCO[C@@H]4OC(C(=O)O)[C@@H](O[C@H]5OC(C)[C@@H](O)[C@H](O)C5N)[C@H](O)C4O)nn3)C(=O)CCC(=O)NCCOCCO[C@H]3OC(C)[C@@H](O)[C@H](O)C3N)C(=O)[C@@H]21. The van der Waals surface area contributed by atoms with E-state index in [1.807, 2.05) is 0 Å². The molecule has 0 aliphatic carbocycles. The molecule has 5 fully saturated rings. The molecule has 0 saturated carbocycles. The molecular weight excluding hydrogens is 1020 g/mol. The number of carbonyl (C=O) groups is 5. The van der Waals surface area contributed by atoms with Gasteiger partial charge in [-0.15, -0.1) is 18.3 Å². The zero-order valence-electron chi connectivity index (χ0n) is 43.2. The molecule has 1 aromatic heterocycles. The summed E-state index contributed by atoms with van der Waals surface area (Å²) in [6.45, 7) is 11.5. The lowest BCUT2D eigenvalue weighted by molar-refractivity contribution is -0.337. The lowest BCUT2D eigenvalue weighted by Crippen LogP contribution is -2.66. The minimum Gasteiger partial charge on any atom is -0.479 e. The second-order valence-electron chi connectivity index (χ2n) is 19.5. The van der Waals surface area contributed by atoms with E-state index in [1.165, 1.54) is 28.7 Å². The highest BCUT2D eigenvalue weighted by atomic mass is 16.7. The summed E-state index contributed by atoms with van der Waals surface area (Å²) in [6, 6.07) is -2.27. The summed E-state index contributed by atoms with van der Waals surface area (Å²) >= 11 is 0. The average Bonchev–Trinajstić information content (AvgIpc) is 4.11. The number of unbranched alkanes of at least 4 members (excludes halogenated alkanes) is 2. The van der Waals surface area contributed by atoms with E-state index >= 15 is 0 Å². The summed E-state index contributed by atoms with van der Waals surface area (Å²) in [5.41, 5.74) is 12.3. The van der Waals surface area contributed by atoms with Crippen LogP contribution in [0.4, 0.5) is 0 Å². The number of hydrogen-bond donors (Lipinski definition) is 10. The standard InChI is InChI=1S/C48H76N8O21/c1-5-27-31-32(28(6-2)75-27)44(66)56(43(31)65)14-9-7-8-13-54(30(58)11-10-29(57)51-12-16-69-18-20-71-46-33(49)37(61)35(59)24(3)73-46)22-26-23-55(53-52-26)15-17-70-19-21-72-48-40(64)39(63)41(42(77-48)45(67)68)76-47-34(50)38(62)36(60)25(4)74-47/h5-6,23-25,27-28,31-42,46-48,59-64H,1-2,7-22,49-50H2,3-4H3,(H,51,57)(H,67,68)/t24?,25?,27-,28+,31+,32-,33?,34?,35-,36-,37-,38-,39-,40?,41+,42?,46+,47-,48-/m1/s1. The number of aliphatic hydroxyl groups is 6. The number of imide groups is 1. The Morgan fingerprint density at radius 2 is 1.32 bits per heavy atom. The zero-order chi connectivity index (χ0) is 56.1. The molecule has 6 rings (SSSR count). The maximum atomic E-state index is 13.7. The van der Waals surface area contributed by atoms with Gasteiger partial charge in [0.1, 0.15) is 48.4 Å². The van der Waals surface area contributed by atoms with Crippen LogP contribution in [0.1, 0.15) is 51.6 Å². The Kier molecular flexibility index (Phi) is 23.3. The summed E-state index contributed by atoms with van der Waals surface area (Å²) in [6.07, 6.45) is -13.2. The quantitative estimate of drug-likeness (QED) is 0.0196. The number of nitrogens with one attached hydrogen (secondary N) is 1. The highest BCUT2D eigenvalue weighted by molar-refractivity contribution is 6.06. The molecule has 12 N–H and O–H groups in total. The first-order valence-electron chi connectivity index (χ1n) is 25.8. The first-order valence-corrected chi connectivity index (χ1v) is 25.8. The molecular formula is C48H76N8O21. The fourth-order valence-electron chi connectivity index (χ4n) is 9.59. The highest BCUT2D eigenvalue weighted by Crippen LogP contribution is 2.41. The van der Waals surface area contributed by atoms with Crippen molar-refractivity contribution in [3.8, 4) is 0 Å². The van der Waals surface area contributed by atoms with Gasteiger partial charge in [-0.3, -0.25) is 24.1 Å². The van der Waals surface area contributed by atoms with E-state index in [-0.39, 0.29) is 109 Å². The van der Waals surface area contributed by atoms with Crippen molar-refractivity contribution < 1.29 is 102 Å². The van der Waals surface area contributed by atoms with Gasteiger partial charge >= 0.3 is 5.97 Å². The van der Waals surface area contributed by atoms with Crippen molar-refractivity contribution >= 4 is 29.6 Å². The normalized spacial score (nSPS) is 35.2. The van der Waals surface area contributed by atoms with Crippen molar-refractivity contribution in [3.63, 3.8) is 0 Å². The third-order valence-corrected chi connectivity index (χ3v) is 14.1. The van der Waals surface area contributed by atoms with Gasteiger partial charge in [0.15, 0.2) is 25.0 Å². The number of carboxylic acid groups (broad SMARTS) is 1. The third kappa shape index (κ3) is 15.7. The summed E-state index contributed by atoms with van der Waals surface area (Å²) in [5, 5.41) is 82.8. The predicted molar refractivity (Wildman–Crippen MR) is 260 cm³/mol. The molecule has 29 heteroatoms. The molecule has 5 saturated heterocycles. The number of amides is 4. The Bertz CT molecular complexity index is 2100. The van der Waals surface area contributed by atoms with Gasteiger partial charge in [-0.25, -0.2) is 9.48 Å². The van der Waals surface area contributed by atoms with E-state index in [1.54, 1.807) is 18.0 Å². The Labute approximate surface area is 444 Å². The van der Waals surface area contributed by atoms with E-state index in [2.05, 4.69) is 28.8 Å². The number of carbonyl (C=O) groups excluding carboxylic acids is 4. The van der Waals surface area contributed by atoms with Crippen LogP contribution in [0.25, 0.3) is 0 Å². The Balaban J connectivity index is 0.932. The first-order chi connectivity index (χ1) is 36.8. The smallest absolute Gasteiger partial charge is 0.335 e. The number of likely N-dealkylation sites (tertiary alicyclic amines) is 1. The number of aliphatic hydroxyl groups excluding tert-OH is 6. The molecule has 4 amide bonds. The van der Waals surface area contributed by atoms with E-state index in [4.69, 9.17) is 54.1 Å². The number of hydrogen-bond acceptors (Lipinski definition) is 24. The van der Waals surface area contributed by atoms with E-state index in [0.29, 0.717) is 25.0 Å². The number of aliphatic carboxylic acids is 1. The van der Waals surface area contributed by atoms with Gasteiger partial charge in [0.25, 0.3) is 0 Å². The van der Waals surface area contributed by atoms with Crippen LogP contribution in [0.5, 0.6) is 0 Å². The monoisotopic (exact) mass is 1100 g/mol. The van der Waals surface area contributed by atoms with Crippen LogP contribution in [0.15, 0.2) is 31.5 Å². The second-order valence-corrected chi connectivity index (χ2v) is 19.5. The molecule has 6 unspecified atom stereocenters. The molecule has 0 spiro atoms. The number of carboxylic acids is 1. The van der Waals surface area contributed by atoms with Gasteiger partial charge in [-0.2, -0.15) is 0 Å². The lowest BCUT2D eigenvalue weighted by Gasteiger charge is -2.45. The van der Waals surface area contributed by atoms with Gasteiger partial charge < -0.3 is 100 Å². The van der Waals surface area contributed by atoms with E-state index in [9.17, 15) is 59.7 Å². The second kappa shape index (κ2) is 29.1. The molecule has 1 aromatic rings. The van der Waals surface area contributed by atoms with Gasteiger partial charge in [0, 0.05) is 32.5 Å². The minimum atomic E-state index is -1.86. The summed E-state index contributed by atoms with van der Waals surface area (Å²) < 4.78 is 51.5. The molecule has 29 nitrogen and oxygen atoms in total. The van der Waals surface area contributed by atoms with Crippen LogP contribution in [-0.2, 0) is 79.7 Å². The molecule has 5 aliphatic heterocycles. The Morgan fingerprint density at radius 3 is 1.95 bits per heavy atom. The van der Waals surface area contributed by atoms with Crippen LogP contribution in [0, 0.1) is 11.8 Å². The first kappa shape index (κ1) is 61.7. The number of nitrogens with two attached hydrogens (primary N) is 2. The fourth-order valence-corrected chi connectivity index (χ4v) is 9.59.